The lowest BCUT2D eigenvalue weighted by Gasteiger charge is -2.25. The first kappa shape index (κ1) is 16.0. The molecule has 0 amide bonds. The van der Waals surface area contributed by atoms with Gasteiger partial charge in [0.05, 0.1) is 0 Å². The van der Waals surface area contributed by atoms with E-state index in [2.05, 4.69) is 11.8 Å². The topological polar surface area (TPSA) is 29.3 Å². The van der Waals surface area contributed by atoms with Crippen LogP contribution in [0.2, 0.25) is 5.02 Å². The fourth-order valence-corrected chi connectivity index (χ4v) is 2.54. The van der Waals surface area contributed by atoms with Crippen molar-refractivity contribution in [3.8, 4) is 0 Å². The lowest BCUT2D eigenvalue weighted by molar-refractivity contribution is 0.249. The maximum Gasteiger partial charge on any atom is 0.132 e. The van der Waals surface area contributed by atoms with E-state index >= 15 is 0 Å². The van der Waals surface area contributed by atoms with Gasteiger partial charge in [0.1, 0.15) is 5.82 Å². The van der Waals surface area contributed by atoms with E-state index in [0.29, 0.717) is 22.7 Å². The molecule has 0 saturated carbocycles. The third-order valence-electron chi connectivity index (χ3n) is 3.79. The minimum Gasteiger partial charge on any atom is -0.326 e. The minimum absolute atomic E-state index is 0.143. The molecule has 2 rings (SSSR count). The Balaban J connectivity index is 2.16. The van der Waals surface area contributed by atoms with Crippen LogP contribution in [-0.2, 0) is 13.1 Å². The Kier molecular flexibility index (Phi) is 5.34. The summed E-state index contributed by atoms with van der Waals surface area (Å²) in [5, 5.41) is 0.712. The molecule has 2 N–H and O–H groups in total. The van der Waals surface area contributed by atoms with Gasteiger partial charge in [-0.25, -0.2) is 4.39 Å². The van der Waals surface area contributed by atoms with Crippen molar-refractivity contribution in [1.82, 2.24) is 4.90 Å². The van der Waals surface area contributed by atoms with E-state index in [0.717, 1.165) is 5.56 Å². The minimum atomic E-state index is -0.204. The molecule has 0 radical (unpaired) electrons. The van der Waals surface area contributed by atoms with Crippen LogP contribution >= 0.6 is 11.6 Å². The molecule has 0 fully saturated rings. The van der Waals surface area contributed by atoms with Crippen LogP contribution in [0, 0.1) is 5.82 Å². The summed E-state index contributed by atoms with van der Waals surface area (Å²) in [5.41, 5.74) is 7.87. The van der Waals surface area contributed by atoms with Crippen LogP contribution < -0.4 is 5.73 Å². The highest BCUT2D eigenvalue weighted by Gasteiger charge is 2.15. The van der Waals surface area contributed by atoms with Crippen LogP contribution in [0.3, 0.4) is 0 Å². The summed E-state index contributed by atoms with van der Waals surface area (Å²) in [6, 6.07) is 13.3. The SMILES string of the molecule is CC(c1cccc(Cl)c1)N(C)Cc1cccc(CN)c1F. The summed E-state index contributed by atoms with van der Waals surface area (Å²) < 4.78 is 14.2. The van der Waals surface area contributed by atoms with Gasteiger partial charge in [-0.3, -0.25) is 4.90 Å². The number of rotatable bonds is 5. The fourth-order valence-electron chi connectivity index (χ4n) is 2.34. The Morgan fingerprint density at radius 3 is 2.52 bits per heavy atom. The molecule has 4 heteroatoms. The van der Waals surface area contributed by atoms with Gasteiger partial charge in [-0.2, -0.15) is 0 Å². The standard InChI is InChI=1S/C17H20ClFN2/c1-12(13-5-4-8-16(18)9-13)21(2)11-15-7-3-6-14(10-20)17(15)19/h3-9,12H,10-11,20H2,1-2H3. The van der Waals surface area contributed by atoms with Gasteiger partial charge in [-0.05, 0) is 31.7 Å². The zero-order chi connectivity index (χ0) is 15.4. The molecule has 0 aliphatic rings. The van der Waals surface area contributed by atoms with Gasteiger partial charge in [-0.1, -0.05) is 41.9 Å². The molecular formula is C17H20ClFN2. The Morgan fingerprint density at radius 1 is 1.19 bits per heavy atom. The fraction of sp³-hybridized carbons (Fsp3) is 0.294. The molecule has 1 unspecified atom stereocenters. The number of nitrogens with two attached hydrogens (primary N) is 1. The quantitative estimate of drug-likeness (QED) is 0.900. The van der Waals surface area contributed by atoms with E-state index in [1.165, 1.54) is 0 Å². The van der Waals surface area contributed by atoms with Gasteiger partial charge in [0.25, 0.3) is 0 Å². The third-order valence-corrected chi connectivity index (χ3v) is 4.03. The molecule has 1 atom stereocenters. The van der Waals surface area contributed by atoms with Crippen molar-refractivity contribution < 1.29 is 4.39 Å². The van der Waals surface area contributed by atoms with Gasteiger partial charge >= 0.3 is 0 Å². The Bertz CT molecular complexity index is 615. The van der Waals surface area contributed by atoms with E-state index in [1.54, 1.807) is 12.1 Å². The van der Waals surface area contributed by atoms with Crippen molar-refractivity contribution in [1.29, 1.82) is 0 Å². The Labute approximate surface area is 130 Å². The van der Waals surface area contributed by atoms with Crippen LogP contribution in [0.5, 0.6) is 0 Å². The van der Waals surface area contributed by atoms with E-state index in [4.69, 9.17) is 17.3 Å². The second-order valence-corrected chi connectivity index (χ2v) is 5.68. The van der Waals surface area contributed by atoms with Crippen LogP contribution in [0.25, 0.3) is 0 Å². The molecule has 0 aromatic heterocycles. The summed E-state index contributed by atoms with van der Waals surface area (Å²) in [7, 11) is 1.97. The van der Waals surface area contributed by atoms with Crippen LogP contribution in [0.4, 0.5) is 4.39 Å². The van der Waals surface area contributed by atoms with Crippen LogP contribution in [0.1, 0.15) is 29.7 Å². The number of nitrogens with zero attached hydrogens (tertiary/aromatic N) is 1. The maximum atomic E-state index is 14.2. The third kappa shape index (κ3) is 3.82. The maximum absolute atomic E-state index is 14.2. The molecule has 112 valence electrons. The summed E-state index contributed by atoms with van der Waals surface area (Å²) in [5.74, 6) is -0.204. The second-order valence-electron chi connectivity index (χ2n) is 5.24. The molecule has 0 saturated heterocycles. The molecule has 0 aliphatic carbocycles. The largest absolute Gasteiger partial charge is 0.326 e. The Morgan fingerprint density at radius 2 is 1.86 bits per heavy atom. The van der Waals surface area contributed by atoms with Gasteiger partial charge in [-0.15, -0.1) is 0 Å². The molecule has 0 spiro atoms. The summed E-state index contributed by atoms with van der Waals surface area (Å²) in [4.78, 5) is 2.09. The monoisotopic (exact) mass is 306 g/mol. The number of hydrogen-bond donors (Lipinski definition) is 1. The number of benzene rings is 2. The van der Waals surface area contributed by atoms with Gasteiger partial charge in [0.15, 0.2) is 0 Å². The van der Waals surface area contributed by atoms with Gasteiger partial charge in [0, 0.05) is 35.3 Å². The molecular weight excluding hydrogens is 287 g/mol. The second kappa shape index (κ2) is 7.03. The van der Waals surface area contributed by atoms with Crippen molar-refractivity contribution in [3.05, 3.63) is 70.0 Å². The van der Waals surface area contributed by atoms with E-state index < -0.39 is 0 Å². The summed E-state index contributed by atoms with van der Waals surface area (Å²) >= 11 is 6.03. The first-order valence-corrected chi connectivity index (χ1v) is 7.32. The van der Waals surface area contributed by atoms with Crippen molar-refractivity contribution in [3.63, 3.8) is 0 Å². The summed E-state index contributed by atoms with van der Waals surface area (Å²) in [6.07, 6.45) is 0. The lowest BCUT2D eigenvalue weighted by Crippen LogP contribution is -2.22. The zero-order valence-electron chi connectivity index (χ0n) is 12.3. The molecule has 0 heterocycles. The van der Waals surface area contributed by atoms with Crippen molar-refractivity contribution >= 4 is 11.6 Å². The first-order chi connectivity index (χ1) is 10.0. The van der Waals surface area contributed by atoms with Gasteiger partial charge in [0.2, 0.25) is 0 Å². The van der Waals surface area contributed by atoms with E-state index in [1.807, 2.05) is 37.4 Å². The average molecular weight is 307 g/mol. The van der Waals surface area contributed by atoms with E-state index in [9.17, 15) is 4.39 Å². The highest BCUT2D eigenvalue weighted by Crippen LogP contribution is 2.24. The molecule has 0 aliphatic heterocycles. The number of halogens is 2. The average Bonchev–Trinajstić information content (AvgIpc) is 2.48. The molecule has 0 bridgehead atoms. The van der Waals surface area contributed by atoms with Gasteiger partial charge < -0.3 is 5.73 Å². The first-order valence-electron chi connectivity index (χ1n) is 6.95. The zero-order valence-corrected chi connectivity index (χ0v) is 13.1. The normalized spacial score (nSPS) is 12.7. The Hall–Kier alpha value is -1.42. The lowest BCUT2D eigenvalue weighted by atomic mass is 10.1. The van der Waals surface area contributed by atoms with Crippen LogP contribution in [-0.4, -0.2) is 11.9 Å². The molecule has 21 heavy (non-hydrogen) atoms. The molecule has 2 nitrogen and oxygen atoms in total. The summed E-state index contributed by atoms with van der Waals surface area (Å²) in [6.45, 7) is 2.82. The molecule has 2 aromatic rings. The van der Waals surface area contributed by atoms with Crippen molar-refractivity contribution in [2.75, 3.05) is 7.05 Å². The molecule has 2 aromatic carbocycles. The number of hydrogen-bond acceptors (Lipinski definition) is 2. The van der Waals surface area contributed by atoms with Crippen molar-refractivity contribution in [2.45, 2.75) is 26.1 Å². The van der Waals surface area contributed by atoms with E-state index in [-0.39, 0.29) is 18.4 Å². The smallest absolute Gasteiger partial charge is 0.132 e. The predicted octanol–water partition coefficient (Wildman–Crippen LogP) is 4.13. The highest BCUT2D eigenvalue weighted by molar-refractivity contribution is 6.30. The van der Waals surface area contributed by atoms with Crippen molar-refractivity contribution in [2.24, 2.45) is 5.73 Å². The highest BCUT2D eigenvalue weighted by atomic mass is 35.5. The predicted molar refractivity (Wildman–Crippen MR) is 85.6 cm³/mol. The van der Waals surface area contributed by atoms with Crippen LogP contribution in [0.15, 0.2) is 42.5 Å².